The Hall–Kier alpha value is -7.71. The molecule has 1 aromatic heterocycles. The lowest BCUT2D eigenvalue weighted by atomic mass is 9.12. The number of carbonyl (C=O) groups excluding carboxylic acids is 1. The topological polar surface area (TPSA) is 44.7 Å². The molecule has 0 saturated heterocycles. The Balaban J connectivity index is 0.000000276. The second kappa shape index (κ2) is 18.9. The number of hydrogen-bond donors (Lipinski definition) is 0. The van der Waals surface area contributed by atoms with E-state index in [0.29, 0.717) is 11.1 Å². The van der Waals surface area contributed by atoms with Crippen molar-refractivity contribution < 1.29 is 97.2 Å². The minimum Gasteiger partial charge on any atom is -0.287 e. The van der Waals surface area contributed by atoms with Crippen LogP contribution < -0.4 is 26.4 Å². The highest BCUT2D eigenvalue weighted by molar-refractivity contribution is 7.20. The molecule has 0 saturated carbocycles. The molecule has 7 aromatic rings. The van der Waals surface area contributed by atoms with Crippen molar-refractivity contribution >= 4 is 33.8 Å². The molecule has 0 fully saturated rings. The highest BCUT2D eigenvalue weighted by Gasteiger charge is 2.52. The molecule has 0 aliphatic carbocycles. The fourth-order valence-electron chi connectivity index (χ4n) is 7.34. The lowest BCUT2D eigenvalue weighted by Gasteiger charge is -2.44. The first-order valence-corrected chi connectivity index (χ1v) is 18.3. The van der Waals surface area contributed by atoms with E-state index in [1.54, 1.807) is 12.1 Å². The standard InChI is InChI=1S/C24BF20.C20H15N2O/c26-5-1(6(27)14(35)21(42)13(5)34)25(2-7(28)15(36)22(43)16(37)8(2)29,3-9(30)17(38)23(44)18(39)10(3)31)4-11(32)19(40)24(45)20(41)12(4)33;21-14-16-9-11-17(12-10-16)19-8-4-5-13-22(19)15-20(23)18-6-2-1-3-7-18/h;1-13H,15H2/q-1;+1. The third-order valence-electron chi connectivity index (χ3n) is 10.4. The van der Waals surface area contributed by atoms with Crippen molar-refractivity contribution in [3.63, 3.8) is 0 Å². The molecular formula is C44H15BF20N2O. The summed E-state index contributed by atoms with van der Waals surface area (Å²) in [4.78, 5) is 12.4. The summed E-state index contributed by atoms with van der Waals surface area (Å²) in [6.45, 7) is 0.278. The quantitative estimate of drug-likeness (QED) is 0.0381. The number of rotatable bonds is 8. The molecule has 0 radical (unpaired) electrons. The van der Waals surface area contributed by atoms with E-state index in [2.05, 4.69) is 6.07 Å². The molecule has 0 amide bonds. The Bertz CT molecular complexity index is 2850. The Kier molecular flexibility index (Phi) is 13.8. The van der Waals surface area contributed by atoms with Gasteiger partial charge in [0.15, 0.2) is 76.0 Å². The summed E-state index contributed by atoms with van der Waals surface area (Å²) in [7, 11) is 0. The van der Waals surface area contributed by atoms with Crippen LogP contribution in [-0.2, 0) is 6.54 Å². The molecule has 7 rings (SSSR count). The minimum atomic E-state index is -7.22. The van der Waals surface area contributed by atoms with E-state index < -0.39 is 144 Å². The summed E-state index contributed by atoms with van der Waals surface area (Å²) in [5, 5.41) is 8.90. The van der Waals surface area contributed by atoms with Crippen molar-refractivity contribution in [1.29, 1.82) is 5.26 Å². The van der Waals surface area contributed by atoms with Gasteiger partial charge in [-0.05, 0) is 30.3 Å². The van der Waals surface area contributed by atoms with Crippen molar-refractivity contribution in [2.45, 2.75) is 6.54 Å². The fourth-order valence-corrected chi connectivity index (χ4v) is 7.34. The third-order valence-corrected chi connectivity index (χ3v) is 10.4. The number of halogens is 20. The third kappa shape index (κ3) is 7.94. The number of benzene rings is 6. The second-order valence-corrected chi connectivity index (χ2v) is 14.0. The van der Waals surface area contributed by atoms with Gasteiger partial charge in [-0.15, -0.1) is 21.9 Å². The number of nitrogens with zero attached hydrogens (tertiary/aromatic N) is 2. The average Bonchev–Trinajstić information content (AvgIpc) is 3.34. The average molecular weight is 978 g/mol. The van der Waals surface area contributed by atoms with Crippen molar-refractivity contribution in [3.8, 4) is 17.3 Å². The highest BCUT2D eigenvalue weighted by Crippen LogP contribution is 2.31. The summed E-state index contributed by atoms with van der Waals surface area (Å²) >= 11 is 0. The van der Waals surface area contributed by atoms with Crippen molar-refractivity contribution in [2.75, 3.05) is 0 Å². The van der Waals surface area contributed by atoms with Gasteiger partial charge in [-0.1, -0.05) is 30.3 Å². The van der Waals surface area contributed by atoms with Gasteiger partial charge in [-0.25, -0.2) is 87.8 Å². The van der Waals surface area contributed by atoms with Gasteiger partial charge in [0, 0.05) is 23.3 Å². The van der Waals surface area contributed by atoms with E-state index >= 15 is 35.1 Å². The lowest BCUT2D eigenvalue weighted by molar-refractivity contribution is -0.672. The Morgan fingerprint density at radius 3 is 1.00 bits per heavy atom. The second-order valence-electron chi connectivity index (χ2n) is 14.0. The van der Waals surface area contributed by atoms with Gasteiger partial charge < -0.3 is 0 Å². The smallest absolute Gasteiger partial charge is 0.227 e. The van der Waals surface area contributed by atoms with Crippen LogP contribution in [0.4, 0.5) is 87.8 Å². The maximum atomic E-state index is 15.4. The van der Waals surface area contributed by atoms with Crippen LogP contribution in [0.5, 0.6) is 0 Å². The SMILES string of the molecule is Fc1c(F)c(F)c([B-](c2c(F)c(F)c(F)c(F)c2F)(c2c(F)c(F)c(F)c(F)c2F)c2c(F)c(F)c(F)c(F)c2F)c(F)c1F.N#Cc1ccc(-c2cccc[n+]2CC(=O)c2ccccc2)cc1. The zero-order valence-electron chi connectivity index (χ0n) is 32.7. The number of aromatic nitrogens is 1. The maximum absolute atomic E-state index is 15.4. The molecule has 24 heteroatoms. The molecule has 350 valence electrons. The van der Waals surface area contributed by atoms with Gasteiger partial charge in [0.25, 0.3) is 0 Å². The van der Waals surface area contributed by atoms with E-state index in [1.807, 2.05) is 71.4 Å². The molecule has 3 nitrogen and oxygen atoms in total. The van der Waals surface area contributed by atoms with Crippen molar-refractivity contribution in [1.82, 2.24) is 0 Å². The van der Waals surface area contributed by atoms with Crippen molar-refractivity contribution in [2.24, 2.45) is 0 Å². The molecule has 0 bridgehead atoms. The number of nitriles is 1. The van der Waals surface area contributed by atoms with Gasteiger partial charge in [0.2, 0.25) is 18.0 Å². The Labute approximate surface area is 366 Å². The summed E-state index contributed by atoms with van der Waals surface area (Å²) in [6, 6.07) is 24.6. The first-order chi connectivity index (χ1) is 32.0. The molecule has 0 N–H and O–H groups in total. The molecular weight excluding hydrogens is 963 g/mol. The maximum Gasteiger partial charge on any atom is 0.227 e. The fraction of sp³-hybridized carbons (Fsp3) is 0.0227. The molecule has 68 heavy (non-hydrogen) atoms. The van der Waals surface area contributed by atoms with Crippen LogP contribution in [0.3, 0.4) is 0 Å². The molecule has 1 heterocycles. The zero-order chi connectivity index (χ0) is 50.4. The van der Waals surface area contributed by atoms with E-state index in [9.17, 15) is 57.5 Å². The molecule has 6 aromatic carbocycles. The van der Waals surface area contributed by atoms with Crippen molar-refractivity contribution in [3.05, 3.63) is 206 Å². The molecule has 0 spiro atoms. The van der Waals surface area contributed by atoms with Crippen LogP contribution >= 0.6 is 0 Å². The van der Waals surface area contributed by atoms with Gasteiger partial charge in [0.05, 0.1) is 11.6 Å². The summed E-state index contributed by atoms with van der Waals surface area (Å²) < 4.78 is 296. The number of Topliss-reactive ketones (excluding diaryl/α,β-unsaturated/α-hetero) is 1. The van der Waals surface area contributed by atoms with Crippen LogP contribution in [0.15, 0.2) is 79.0 Å². The lowest BCUT2D eigenvalue weighted by Crippen LogP contribution is -2.81. The minimum absolute atomic E-state index is 0.0664. The van der Waals surface area contributed by atoms with E-state index in [1.165, 1.54) is 0 Å². The van der Waals surface area contributed by atoms with Crippen LogP contribution in [0, 0.1) is 128 Å². The van der Waals surface area contributed by atoms with Gasteiger partial charge in [-0.3, -0.25) is 4.79 Å². The molecule has 0 atom stereocenters. The monoisotopic (exact) mass is 978 g/mol. The predicted molar refractivity (Wildman–Crippen MR) is 197 cm³/mol. The number of pyridine rings is 1. The van der Waals surface area contributed by atoms with Crippen LogP contribution in [0.1, 0.15) is 15.9 Å². The normalized spacial score (nSPS) is 11.3. The number of hydrogen-bond acceptors (Lipinski definition) is 2. The first-order valence-electron chi connectivity index (χ1n) is 18.3. The van der Waals surface area contributed by atoms with E-state index in [4.69, 9.17) is 5.26 Å². The molecule has 0 aliphatic heterocycles. The van der Waals surface area contributed by atoms with Gasteiger partial charge in [-0.2, -0.15) is 9.83 Å². The summed E-state index contributed by atoms with van der Waals surface area (Å²) in [5.74, 6) is -71.3. The highest BCUT2D eigenvalue weighted by atomic mass is 19.2. The molecule has 0 unspecified atom stereocenters. The number of carbonyl (C=O) groups is 1. The molecule has 0 aliphatic rings. The largest absolute Gasteiger partial charge is 0.287 e. The van der Waals surface area contributed by atoms with E-state index in [-0.39, 0.29) is 12.3 Å². The van der Waals surface area contributed by atoms with E-state index in [0.717, 1.165) is 11.3 Å². The van der Waals surface area contributed by atoms with Crippen LogP contribution in [-0.4, -0.2) is 11.9 Å². The Morgan fingerprint density at radius 1 is 0.397 bits per heavy atom. The zero-order valence-corrected chi connectivity index (χ0v) is 32.7. The summed E-state index contributed by atoms with van der Waals surface area (Å²) in [5.41, 5.74) is -11.1. The predicted octanol–water partition coefficient (Wildman–Crippen LogP) is 9.24. The van der Waals surface area contributed by atoms with Gasteiger partial charge >= 0.3 is 0 Å². The van der Waals surface area contributed by atoms with Crippen LogP contribution in [0.25, 0.3) is 11.3 Å². The first kappa shape index (κ1) is 49.7. The van der Waals surface area contributed by atoms with Gasteiger partial charge in [0.1, 0.15) is 52.7 Å². The van der Waals surface area contributed by atoms with Crippen LogP contribution in [0.2, 0.25) is 0 Å². The summed E-state index contributed by atoms with van der Waals surface area (Å²) in [6.07, 6.45) is -5.32. The number of ketones is 1. The Morgan fingerprint density at radius 2 is 0.691 bits per heavy atom.